The summed E-state index contributed by atoms with van der Waals surface area (Å²) >= 11 is 1.71. The number of para-hydroxylation sites is 1. The first-order valence-corrected chi connectivity index (χ1v) is 18.4. The summed E-state index contributed by atoms with van der Waals surface area (Å²) in [4.78, 5) is 23.1. The summed E-state index contributed by atoms with van der Waals surface area (Å²) in [7, 11) is 0. The van der Waals surface area contributed by atoms with Gasteiger partial charge in [0.1, 0.15) is 5.71 Å². The lowest BCUT2D eigenvalue weighted by molar-refractivity contribution is -0.114. The molecule has 1 aromatic heterocycles. The van der Waals surface area contributed by atoms with Crippen LogP contribution in [-0.2, 0) is 4.79 Å². The number of thiazole rings is 1. The first-order chi connectivity index (χ1) is 23.1. The minimum atomic E-state index is -0.128. The molecule has 0 bridgehead atoms. The highest BCUT2D eigenvalue weighted by Gasteiger charge is 2.33. The van der Waals surface area contributed by atoms with Crippen LogP contribution in [0.25, 0.3) is 17.3 Å². The van der Waals surface area contributed by atoms with E-state index >= 15 is 0 Å². The Balaban J connectivity index is 1.61. The van der Waals surface area contributed by atoms with E-state index in [0.29, 0.717) is 23.1 Å². The number of carbonyl (C=O) groups is 1. The first kappa shape index (κ1) is 34.3. The van der Waals surface area contributed by atoms with Crippen molar-refractivity contribution in [2.24, 2.45) is 16.9 Å². The number of benzene rings is 3. The lowest BCUT2D eigenvalue weighted by atomic mass is 9.96. The number of rotatable bonds is 17. The molecule has 246 valence electrons. The zero-order valence-electron chi connectivity index (χ0n) is 28.6. The number of unbranched alkanes of at least 4 members (excludes halogenated alkanes) is 2. The highest BCUT2D eigenvalue weighted by Crippen LogP contribution is 2.38. The van der Waals surface area contributed by atoms with Crippen molar-refractivity contribution in [3.8, 4) is 11.3 Å². The smallest absolute Gasteiger partial charge is 0.281 e. The van der Waals surface area contributed by atoms with Crippen molar-refractivity contribution in [3.05, 3.63) is 107 Å². The molecular weight excluding hydrogens is 597 g/mol. The fourth-order valence-electron chi connectivity index (χ4n) is 6.27. The Kier molecular flexibility index (Phi) is 12.6. The number of nitrogens with zero attached hydrogens (tertiary/aromatic N) is 4. The molecule has 2 atom stereocenters. The topological polar surface area (TPSA) is 48.8 Å². The minimum absolute atomic E-state index is 0.128. The second-order valence-electron chi connectivity index (χ2n) is 12.6. The summed E-state index contributed by atoms with van der Waals surface area (Å²) in [6.45, 7) is 11.2. The summed E-state index contributed by atoms with van der Waals surface area (Å²) in [6.07, 6.45) is 11.8. The maximum atomic E-state index is 14.2. The third kappa shape index (κ3) is 8.66. The summed E-state index contributed by atoms with van der Waals surface area (Å²) in [6, 6.07) is 30.1. The molecule has 3 aromatic carbocycles. The Morgan fingerprint density at radius 2 is 1.28 bits per heavy atom. The molecule has 0 radical (unpaired) electrons. The van der Waals surface area contributed by atoms with E-state index in [1.165, 1.54) is 43.5 Å². The van der Waals surface area contributed by atoms with Gasteiger partial charge in [0.25, 0.3) is 5.91 Å². The average Bonchev–Trinajstić information content (AvgIpc) is 3.69. The molecule has 1 aliphatic heterocycles. The Morgan fingerprint density at radius 3 is 1.81 bits per heavy atom. The van der Waals surface area contributed by atoms with Crippen molar-refractivity contribution in [1.29, 1.82) is 0 Å². The molecule has 0 aliphatic carbocycles. The molecule has 2 unspecified atom stereocenters. The molecule has 0 saturated carbocycles. The van der Waals surface area contributed by atoms with Crippen molar-refractivity contribution in [3.63, 3.8) is 0 Å². The molecule has 6 heteroatoms. The molecule has 0 N–H and O–H groups in total. The Hall–Kier alpha value is -4.03. The molecule has 0 fully saturated rings. The van der Waals surface area contributed by atoms with Gasteiger partial charge in [-0.2, -0.15) is 10.1 Å². The van der Waals surface area contributed by atoms with Gasteiger partial charge in [0.05, 0.1) is 21.8 Å². The molecule has 4 aromatic rings. The van der Waals surface area contributed by atoms with Gasteiger partial charge in [-0.05, 0) is 42.9 Å². The van der Waals surface area contributed by atoms with Gasteiger partial charge in [-0.15, -0.1) is 0 Å². The van der Waals surface area contributed by atoms with Gasteiger partial charge < -0.3 is 4.90 Å². The number of hydrazone groups is 1. The van der Waals surface area contributed by atoms with Crippen LogP contribution in [0.5, 0.6) is 0 Å². The molecule has 1 amide bonds. The first-order valence-electron chi connectivity index (χ1n) is 17.6. The van der Waals surface area contributed by atoms with Gasteiger partial charge in [0.2, 0.25) is 0 Å². The predicted octanol–water partition coefficient (Wildman–Crippen LogP) is 10.9. The number of amides is 1. The maximum absolute atomic E-state index is 14.2. The Bertz CT molecular complexity index is 1600. The predicted molar refractivity (Wildman–Crippen MR) is 201 cm³/mol. The third-order valence-corrected chi connectivity index (χ3v) is 10.3. The quantitative estimate of drug-likeness (QED) is 0.107. The molecule has 47 heavy (non-hydrogen) atoms. The summed E-state index contributed by atoms with van der Waals surface area (Å²) in [5.41, 5.74) is 4.92. The van der Waals surface area contributed by atoms with E-state index in [1.807, 2.05) is 72.8 Å². The number of anilines is 2. The third-order valence-electron chi connectivity index (χ3n) is 9.20. The van der Waals surface area contributed by atoms with Crippen molar-refractivity contribution in [1.82, 2.24) is 4.98 Å². The van der Waals surface area contributed by atoms with Gasteiger partial charge in [-0.25, -0.2) is 4.98 Å². The van der Waals surface area contributed by atoms with E-state index < -0.39 is 0 Å². The lowest BCUT2D eigenvalue weighted by Gasteiger charge is -2.30. The molecule has 0 spiro atoms. The highest BCUT2D eigenvalue weighted by atomic mass is 32.1. The standard InChI is InChI=1S/C41H50N4OS/c1-5-9-20-31(7-3)29-44(30-32(8-4)21-10-6-2)41-42-39(34-24-16-12-17-25-34)37(47-41)28-36-38(33-22-14-11-15-23-33)43-45(40(36)46)35-26-18-13-19-27-35/h11-19,22-28,31-32H,5-10,20-21,29-30H2,1-4H3/b36-28-. The second kappa shape index (κ2) is 17.2. The van der Waals surface area contributed by atoms with Crippen LogP contribution >= 0.6 is 11.3 Å². The van der Waals surface area contributed by atoms with Crippen LogP contribution in [-0.4, -0.2) is 29.7 Å². The van der Waals surface area contributed by atoms with Crippen LogP contribution in [0, 0.1) is 11.8 Å². The van der Waals surface area contributed by atoms with E-state index in [0.717, 1.165) is 58.4 Å². The van der Waals surface area contributed by atoms with Crippen LogP contribution in [0.4, 0.5) is 10.8 Å². The molecular formula is C41H50N4OS. The molecule has 2 heterocycles. The van der Waals surface area contributed by atoms with Crippen molar-refractivity contribution < 1.29 is 4.79 Å². The zero-order chi connectivity index (χ0) is 33.0. The Morgan fingerprint density at radius 1 is 0.745 bits per heavy atom. The zero-order valence-corrected chi connectivity index (χ0v) is 29.4. The van der Waals surface area contributed by atoms with Crippen LogP contribution in [0.15, 0.2) is 102 Å². The SMILES string of the molecule is CCCCC(CC)CN(CC(CC)CCCC)c1nc(-c2ccccc2)c(/C=C2\C(=O)N(c3ccccc3)N=C2c2ccccc2)s1. The Labute approximate surface area is 286 Å². The molecule has 5 rings (SSSR count). The van der Waals surface area contributed by atoms with Gasteiger partial charge in [-0.1, -0.05) is 156 Å². The fraction of sp³-hybridized carbons (Fsp3) is 0.390. The number of aromatic nitrogens is 1. The number of hydrogen-bond donors (Lipinski definition) is 0. The monoisotopic (exact) mass is 646 g/mol. The van der Waals surface area contributed by atoms with Crippen molar-refractivity contribution in [2.75, 3.05) is 23.0 Å². The largest absolute Gasteiger partial charge is 0.348 e. The van der Waals surface area contributed by atoms with E-state index in [-0.39, 0.29) is 5.91 Å². The second-order valence-corrected chi connectivity index (χ2v) is 13.6. The van der Waals surface area contributed by atoms with Crippen molar-refractivity contribution in [2.45, 2.75) is 79.1 Å². The van der Waals surface area contributed by atoms with E-state index in [1.54, 1.807) is 11.3 Å². The van der Waals surface area contributed by atoms with Crippen LogP contribution < -0.4 is 9.91 Å². The maximum Gasteiger partial charge on any atom is 0.281 e. The highest BCUT2D eigenvalue weighted by molar-refractivity contribution is 7.17. The minimum Gasteiger partial charge on any atom is -0.348 e. The molecule has 0 saturated heterocycles. The summed E-state index contributed by atoms with van der Waals surface area (Å²) < 4.78 is 0. The average molecular weight is 647 g/mol. The van der Waals surface area contributed by atoms with E-state index in [4.69, 9.17) is 10.1 Å². The van der Waals surface area contributed by atoms with E-state index in [2.05, 4.69) is 56.9 Å². The van der Waals surface area contributed by atoms with Crippen molar-refractivity contribution >= 4 is 39.9 Å². The molecule has 1 aliphatic rings. The fourth-order valence-corrected chi connectivity index (χ4v) is 7.32. The van der Waals surface area contributed by atoms with Crippen LogP contribution in [0.2, 0.25) is 0 Å². The number of hydrogen-bond acceptors (Lipinski definition) is 5. The molecule has 5 nitrogen and oxygen atoms in total. The normalized spacial score (nSPS) is 15.2. The van der Waals surface area contributed by atoms with Gasteiger partial charge in [0.15, 0.2) is 5.13 Å². The summed E-state index contributed by atoms with van der Waals surface area (Å²) in [5, 5.41) is 7.47. The summed E-state index contributed by atoms with van der Waals surface area (Å²) in [5.74, 6) is 1.12. The van der Waals surface area contributed by atoms with Crippen LogP contribution in [0.1, 0.15) is 89.5 Å². The number of carbonyl (C=O) groups excluding carboxylic acids is 1. The lowest BCUT2D eigenvalue weighted by Crippen LogP contribution is -2.34. The van der Waals surface area contributed by atoms with Crippen LogP contribution in [0.3, 0.4) is 0 Å². The van der Waals surface area contributed by atoms with Gasteiger partial charge in [-0.3, -0.25) is 4.79 Å². The van der Waals surface area contributed by atoms with E-state index in [9.17, 15) is 4.79 Å². The van der Waals surface area contributed by atoms with Gasteiger partial charge in [0, 0.05) is 24.2 Å². The van der Waals surface area contributed by atoms with Gasteiger partial charge >= 0.3 is 0 Å².